The number of aryl methyl sites for hydroxylation is 4. The van der Waals surface area contributed by atoms with Crippen LogP contribution in [0.15, 0.2) is 97.1 Å². The molecule has 0 aliphatic heterocycles. The molecule has 0 N–H and O–H groups in total. The van der Waals surface area contributed by atoms with Crippen LogP contribution in [0.3, 0.4) is 0 Å². The van der Waals surface area contributed by atoms with Gasteiger partial charge in [0.05, 0.1) is 23.9 Å². The van der Waals surface area contributed by atoms with Gasteiger partial charge in [0.1, 0.15) is 0 Å². The van der Waals surface area contributed by atoms with Gasteiger partial charge in [-0.05, 0) is 95.9 Å². The van der Waals surface area contributed by atoms with Crippen LogP contribution in [0.1, 0.15) is 271 Å². The van der Waals surface area contributed by atoms with E-state index in [1.807, 2.05) is 48.5 Å². The number of hydrogen-bond acceptors (Lipinski definition) is 8. The van der Waals surface area contributed by atoms with E-state index in [0.29, 0.717) is 0 Å². The summed E-state index contributed by atoms with van der Waals surface area (Å²) >= 11 is 0. The van der Waals surface area contributed by atoms with Crippen molar-refractivity contribution in [2.24, 2.45) is 0 Å². The predicted molar refractivity (Wildman–Crippen MR) is 296 cm³/mol. The van der Waals surface area contributed by atoms with Gasteiger partial charge in [-0.2, -0.15) is 0 Å². The third-order valence-electron chi connectivity index (χ3n) is 13.0. The topological polar surface area (TPSA) is 161 Å². The SMILES string of the molecule is CCCCCCCCCc1ccc(C(=O)[O-])cc1.CCCCCCCCCc1ccc(C(=O)[O-])cc1.CCCCCCCCCc1ccc(C(=O)[O-])cc1.CCCCCCCCCc1ccc(C(=O)[O-])cc1.[Pb]. The Kier molecular flexibility index (Phi) is 44.6. The van der Waals surface area contributed by atoms with Crippen molar-refractivity contribution in [3.05, 3.63) is 142 Å². The largest absolute Gasteiger partial charge is 0.545 e. The van der Waals surface area contributed by atoms with Crippen molar-refractivity contribution in [2.75, 3.05) is 0 Å². The molecule has 4 radical (unpaired) electrons. The molecular formula is C64H92O8Pb-4. The minimum Gasteiger partial charge on any atom is -0.545 e. The van der Waals surface area contributed by atoms with Crippen LogP contribution in [-0.2, 0) is 25.7 Å². The van der Waals surface area contributed by atoms with Crippen LogP contribution in [0.4, 0.5) is 0 Å². The number of rotatable bonds is 36. The standard InChI is InChI=1S/4C16H24O2.Pb/c4*1-2-3-4-5-6-7-8-9-14-10-12-15(13-11-14)16(17)18;/h4*10-13H,2-9H2,1H3,(H,17,18);/p-4. The maximum absolute atomic E-state index is 10.6. The van der Waals surface area contributed by atoms with Crippen LogP contribution in [0, 0.1) is 0 Å². The zero-order valence-electron chi connectivity index (χ0n) is 45.6. The van der Waals surface area contributed by atoms with E-state index >= 15 is 0 Å². The Morgan fingerprint density at radius 2 is 0.384 bits per heavy atom. The molecule has 404 valence electrons. The maximum Gasteiger partial charge on any atom is 0.0715 e. The molecule has 0 aliphatic carbocycles. The summed E-state index contributed by atoms with van der Waals surface area (Å²) in [6, 6.07) is 28.2. The molecule has 0 fully saturated rings. The summed E-state index contributed by atoms with van der Waals surface area (Å²) in [5.41, 5.74) is 5.91. The van der Waals surface area contributed by atoms with Crippen LogP contribution in [-0.4, -0.2) is 51.2 Å². The molecule has 0 heterocycles. The van der Waals surface area contributed by atoms with Crippen LogP contribution >= 0.6 is 0 Å². The minimum atomic E-state index is -1.10. The number of benzene rings is 4. The van der Waals surface area contributed by atoms with Crippen LogP contribution < -0.4 is 20.4 Å². The molecule has 0 spiro atoms. The van der Waals surface area contributed by atoms with Crippen molar-refractivity contribution >= 4 is 51.2 Å². The second-order valence-corrected chi connectivity index (χ2v) is 19.4. The molecule has 0 saturated heterocycles. The van der Waals surface area contributed by atoms with Crippen molar-refractivity contribution in [1.29, 1.82) is 0 Å². The van der Waals surface area contributed by atoms with Crippen molar-refractivity contribution in [1.82, 2.24) is 0 Å². The summed E-state index contributed by atoms with van der Waals surface area (Å²) < 4.78 is 0. The molecule has 0 aromatic heterocycles. The van der Waals surface area contributed by atoms with Gasteiger partial charge in [0.2, 0.25) is 0 Å². The minimum absolute atomic E-state index is 0. The van der Waals surface area contributed by atoms with Crippen LogP contribution in [0.5, 0.6) is 0 Å². The fourth-order valence-electron chi connectivity index (χ4n) is 8.37. The van der Waals surface area contributed by atoms with Gasteiger partial charge < -0.3 is 39.6 Å². The molecule has 0 atom stereocenters. The fraction of sp³-hybridized carbons (Fsp3) is 0.562. The Morgan fingerprint density at radius 3 is 0.521 bits per heavy atom. The van der Waals surface area contributed by atoms with Gasteiger partial charge in [-0.15, -0.1) is 0 Å². The van der Waals surface area contributed by atoms with Gasteiger partial charge in [-0.25, -0.2) is 0 Å². The van der Waals surface area contributed by atoms with Crippen molar-refractivity contribution in [3.8, 4) is 0 Å². The number of aromatic carboxylic acids is 4. The van der Waals surface area contributed by atoms with E-state index in [4.69, 9.17) is 0 Å². The Bertz CT molecular complexity index is 1660. The Morgan fingerprint density at radius 1 is 0.247 bits per heavy atom. The van der Waals surface area contributed by atoms with Crippen molar-refractivity contribution in [2.45, 2.75) is 233 Å². The van der Waals surface area contributed by atoms with E-state index in [1.165, 1.54) is 202 Å². The number of carboxylic acid groups (broad SMARTS) is 4. The summed E-state index contributed by atoms with van der Waals surface area (Å²) in [6.07, 6.45) is 40.7. The molecule has 4 aromatic rings. The smallest absolute Gasteiger partial charge is 0.0715 e. The quantitative estimate of drug-likeness (QED) is 0.0321. The zero-order chi connectivity index (χ0) is 52.9. The predicted octanol–water partition coefficient (Wildman–Crippen LogP) is 13.0. The van der Waals surface area contributed by atoms with Crippen LogP contribution in [0.2, 0.25) is 0 Å². The molecule has 0 aliphatic rings. The summed E-state index contributed by atoms with van der Waals surface area (Å²) in [5.74, 6) is -4.40. The normalized spacial score (nSPS) is 10.4. The molecule has 0 unspecified atom stereocenters. The van der Waals surface area contributed by atoms with Gasteiger partial charge in [0.25, 0.3) is 0 Å². The monoisotopic (exact) mass is 1200 g/mol. The van der Waals surface area contributed by atoms with Crippen molar-refractivity contribution in [3.63, 3.8) is 0 Å². The molecule has 8 nitrogen and oxygen atoms in total. The average Bonchev–Trinajstić information content (AvgIpc) is 3.38. The van der Waals surface area contributed by atoms with E-state index in [1.54, 1.807) is 48.5 Å². The first kappa shape index (κ1) is 68.7. The molecule has 4 aromatic carbocycles. The molecule has 0 saturated carbocycles. The zero-order valence-corrected chi connectivity index (χ0v) is 49.5. The number of unbranched alkanes of at least 4 members (excludes halogenated alkanes) is 24. The van der Waals surface area contributed by atoms with Gasteiger partial charge in [0, 0.05) is 27.3 Å². The Balaban J connectivity index is 0.000000943. The Labute approximate surface area is 462 Å². The molecular weight excluding hydrogens is 1100 g/mol. The number of carboxylic acids is 4. The van der Waals surface area contributed by atoms with E-state index in [9.17, 15) is 39.6 Å². The molecule has 9 heteroatoms. The van der Waals surface area contributed by atoms with Crippen molar-refractivity contribution < 1.29 is 39.6 Å². The van der Waals surface area contributed by atoms with Gasteiger partial charge >= 0.3 is 0 Å². The molecule has 73 heavy (non-hydrogen) atoms. The van der Waals surface area contributed by atoms with Gasteiger partial charge in [-0.1, -0.05) is 279 Å². The van der Waals surface area contributed by atoms with E-state index in [0.717, 1.165) is 25.7 Å². The van der Waals surface area contributed by atoms with E-state index in [-0.39, 0.29) is 49.6 Å². The van der Waals surface area contributed by atoms with Gasteiger partial charge in [0.15, 0.2) is 0 Å². The second kappa shape index (κ2) is 47.4. The summed E-state index contributed by atoms with van der Waals surface area (Å²) in [5, 5.41) is 42.3. The Hall–Kier alpha value is -4.32. The van der Waals surface area contributed by atoms with Gasteiger partial charge in [-0.3, -0.25) is 0 Å². The summed E-state index contributed by atoms with van der Waals surface area (Å²) in [7, 11) is 0. The molecule has 4 rings (SSSR count). The average molecular weight is 1200 g/mol. The molecule has 0 bridgehead atoms. The molecule has 0 amide bonds. The third-order valence-corrected chi connectivity index (χ3v) is 13.0. The number of carbonyl (C=O) groups excluding carboxylic acids is 4. The fourth-order valence-corrected chi connectivity index (χ4v) is 8.37. The first-order chi connectivity index (χ1) is 34.9. The number of hydrogen-bond donors (Lipinski definition) is 0. The van der Waals surface area contributed by atoms with E-state index < -0.39 is 23.9 Å². The van der Waals surface area contributed by atoms with E-state index in [2.05, 4.69) is 27.7 Å². The maximum atomic E-state index is 10.6. The third kappa shape index (κ3) is 38.0. The summed E-state index contributed by atoms with van der Waals surface area (Å²) in [4.78, 5) is 42.3. The number of carbonyl (C=O) groups is 4. The first-order valence-corrected chi connectivity index (χ1v) is 28.2. The first-order valence-electron chi connectivity index (χ1n) is 28.2. The van der Waals surface area contributed by atoms with Crippen LogP contribution in [0.25, 0.3) is 0 Å². The second-order valence-electron chi connectivity index (χ2n) is 19.4. The summed E-state index contributed by atoms with van der Waals surface area (Å²) in [6.45, 7) is 8.93.